The van der Waals surface area contributed by atoms with Gasteiger partial charge < -0.3 is 29.8 Å². The first-order valence-corrected chi connectivity index (χ1v) is 14.2. The van der Waals surface area contributed by atoms with Crippen LogP contribution in [0, 0.1) is 5.92 Å². The van der Waals surface area contributed by atoms with E-state index in [1.807, 2.05) is 12.2 Å². The minimum atomic E-state index is -4.89. The van der Waals surface area contributed by atoms with Gasteiger partial charge in [0.25, 0.3) is 6.29 Å². The zero-order chi connectivity index (χ0) is 31.3. The number of alkyl halides is 3. The summed E-state index contributed by atoms with van der Waals surface area (Å²) in [5, 5.41) is 28.3. The van der Waals surface area contributed by atoms with Crippen LogP contribution in [0.15, 0.2) is 64.9 Å². The number of aliphatic carboxylic acids is 1. The molecule has 42 heavy (non-hydrogen) atoms. The summed E-state index contributed by atoms with van der Waals surface area (Å²) in [5.74, 6) is 0.710. The van der Waals surface area contributed by atoms with Crippen LogP contribution in [-0.2, 0) is 16.2 Å². The molecule has 1 aromatic carbocycles. The third kappa shape index (κ3) is 11.6. The second-order valence-corrected chi connectivity index (χ2v) is 10.8. The molecule has 2 atom stereocenters. The van der Waals surface area contributed by atoms with Crippen LogP contribution in [0.3, 0.4) is 0 Å². The van der Waals surface area contributed by atoms with Crippen molar-refractivity contribution in [1.82, 2.24) is 4.90 Å². The molecule has 3 rings (SSSR count). The van der Waals surface area contributed by atoms with Gasteiger partial charge in [-0.2, -0.15) is 13.2 Å². The van der Waals surface area contributed by atoms with Gasteiger partial charge in [-0.3, -0.25) is 0 Å². The number of rotatable bonds is 13. The molecule has 1 aliphatic heterocycles. The molecular weight excluding hydrogens is 553 g/mol. The Morgan fingerprint density at radius 2 is 1.86 bits per heavy atom. The summed E-state index contributed by atoms with van der Waals surface area (Å²) in [4.78, 5) is 19.5. The number of oxime groups is 1. The Morgan fingerprint density at radius 3 is 2.43 bits per heavy atom. The average Bonchev–Trinajstić information content (AvgIpc) is 3.21. The summed E-state index contributed by atoms with van der Waals surface area (Å²) in [7, 11) is 2.13. The van der Waals surface area contributed by atoms with E-state index < -0.39 is 18.4 Å². The number of halogens is 3. The summed E-state index contributed by atoms with van der Waals surface area (Å²) >= 11 is 0. The van der Waals surface area contributed by atoms with Crippen molar-refractivity contribution < 1.29 is 42.9 Å². The highest BCUT2D eigenvalue weighted by Gasteiger charge is 2.38. The van der Waals surface area contributed by atoms with Gasteiger partial charge in [0.2, 0.25) is 0 Å². The molecule has 0 fully saturated rings. The maximum Gasteiger partial charge on any atom is 0.439 e. The fraction of sp³-hybridized carbons (Fsp3) is 0.548. The first kappa shape index (κ1) is 35.0. The maximum absolute atomic E-state index is 11.2. The number of allylic oxidation sites excluding steroid dienone is 4. The third-order valence-electron chi connectivity index (χ3n) is 7.39. The van der Waals surface area contributed by atoms with Crippen LogP contribution in [0.25, 0.3) is 0 Å². The van der Waals surface area contributed by atoms with E-state index in [0.717, 1.165) is 62.4 Å². The number of carboxylic acid groups (broad SMARTS) is 1. The van der Waals surface area contributed by atoms with E-state index >= 15 is 0 Å². The number of carbonyl (C=O) groups is 1. The molecule has 1 aliphatic carbocycles. The molecule has 0 bridgehead atoms. The van der Waals surface area contributed by atoms with Crippen molar-refractivity contribution >= 4 is 11.7 Å². The molecule has 1 heterocycles. The molecule has 2 unspecified atom stereocenters. The van der Waals surface area contributed by atoms with Crippen molar-refractivity contribution in [2.45, 2.75) is 83.9 Å². The summed E-state index contributed by atoms with van der Waals surface area (Å²) in [6.45, 7) is 9.13. The highest BCUT2D eigenvalue weighted by Crippen LogP contribution is 2.34. The predicted molar refractivity (Wildman–Crippen MR) is 155 cm³/mol. The van der Waals surface area contributed by atoms with Crippen molar-refractivity contribution in [3.63, 3.8) is 0 Å². The van der Waals surface area contributed by atoms with Crippen LogP contribution in [0.4, 0.5) is 13.2 Å². The van der Waals surface area contributed by atoms with E-state index in [1.165, 1.54) is 12.0 Å². The fourth-order valence-electron chi connectivity index (χ4n) is 4.24. The first-order valence-electron chi connectivity index (χ1n) is 14.2. The number of aliphatic hydroxyl groups excluding tert-OH is 1. The Hall–Kier alpha value is -3.15. The van der Waals surface area contributed by atoms with E-state index in [2.05, 4.69) is 62.1 Å². The molecule has 8 nitrogen and oxygen atoms in total. The molecule has 11 heteroatoms. The lowest BCUT2D eigenvalue weighted by Gasteiger charge is -2.28. The molecule has 0 saturated heterocycles. The molecule has 0 amide bonds. The smallest absolute Gasteiger partial charge is 0.439 e. The van der Waals surface area contributed by atoms with Crippen LogP contribution in [0.2, 0.25) is 0 Å². The Morgan fingerprint density at radius 1 is 1.19 bits per heavy atom. The van der Waals surface area contributed by atoms with Gasteiger partial charge in [0.15, 0.2) is 0 Å². The van der Waals surface area contributed by atoms with Crippen LogP contribution >= 0.6 is 0 Å². The number of nitrogens with zero attached hydrogens (tertiary/aromatic N) is 2. The summed E-state index contributed by atoms with van der Waals surface area (Å²) < 4.78 is 37.9. The number of aliphatic hydroxyl groups is 2. The molecule has 0 aromatic heterocycles. The van der Waals surface area contributed by atoms with Crippen molar-refractivity contribution in [3.05, 3.63) is 65.3 Å². The molecule has 234 valence electrons. The van der Waals surface area contributed by atoms with Crippen LogP contribution in [0.5, 0.6) is 5.75 Å². The van der Waals surface area contributed by atoms with Crippen molar-refractivity contribution in [2.24, 2.45) is 11.1 Å². The number of benzene rings is 1. The predicted octanol–water partition coefficient (Wildman–Crippen LogP) is 6.01. The largest absolute Gasteiger partial charge is 0.494 e. The fourth-order valence-corrected chi connectivity index (χ4v) is 4.24. The molecular formula is C31H43F3N2O6. The number of ether oxygens (including phenoxy) is 1. The van der Waals surface area contributed by atoms with E-state index in [4.69, 9.17) is 19.8 Å². The van der Waals surface area contributed by atoms with Crippen LogP contribution < -0.4 is 4.74 Å². The number of hydrogen-bond acceptors (Lipinski definition) is 7. The van der Waals surface area contributed by atoms with Crippen LogP contribution in [-0.4, -0.2) is 70.2 Å². The minimum Gasteiger partial charge on any atom is -0.494 e. The third-order valence-corrected chi connectivity index (χ3v) is 7.39. The lowest BCUT2D eigenvalue weighted by atomic mass is 9.88. The maximum atomic E-state index is 11.2. The van der Waals surface area contributed by atoms with E-state index in [1.54, 1.807) is 12.2 Å². The zero-order valence-corrected chi connectivity index (χ0v) is 24.7. The highest BCUT2D eigenvalue weighted by molar-refractivity contribution is 6.02. The average molecular weight is 597 g/mol. The molecule has 0 spiro atoms. The van der Waals surface area contributed by atoms with Gasteiger partial charge >= 0.3 is 12.1 Å². The normalized spacial score (nSPS) is 19.3. The second-order valence-electron chi connectivity index (χ2n) is 10.8. The molecule has 0 saturated carbocycles. The van der Waals surface area contributed by atoms with Gasteiger partial charge in [-0.15, -0.1) is 0 Å². The monoisotopic (exact) mass is 596 g/mol. The zero-order valence-electron chi connectivity index (χ0n) is 24.7. The highest BCUT2D eigenvalue weighted by atomic mass is 19.4. The van der Waals surface area contributed by atoms with E-state index in [9.17, 15) is 23.1 Å². The summed E-state index contributed by atoms with van der Waals surface area (Å²) in [6.07, 6.45) is 4.37. The van der Waals surface area contributed by atoms with Crippen molar-refractivity contribution in [3.8, 4) is 5.75 Å². The quantitative estimate of drug-likeness (QED) is 0.239. The van der Waals surface area contributed by atoms with E-state index in [-0.39, 0.29) is 11.2 Å². The minimum absolute atomic E-state index is 0.286. The summed E-state index contributed by atoms with van der Waals surface area (Å²) in [6, 6.07) is 8.41. The molecule has 3 N–H and O–H groups in total. The van der Waals surface area contributed by atoms with Gasteiger partial charge in [0.05, 0.1) is 17.9 Å². The molecule has 2 aliphatic rings. The standard InChI is InChI=1S/C29H40N2O4.C2H3F3O2/c1-5-22(3)16-19-34-26-14-10-23(11-15-26)21-31(4)18-17-29(6-2)20-27(30-35-29)24-8-7-9-25(13-12-24)28(32)33;3-2(4,5)1(6)7/h7,9-15,22H,5-6,8,16-21H2,1-4H3,(H,32,33);1,6-7H. The Labute approximate surface area is 245 Å². The lowest BCUT2D eigenvalue weighted by Crippen LogP contribution is -2.33. The number of hydrogen-bond donors (Lipinski definition) is 3. The Bertz CT molecular complexity index is 1130. The van der Waals surface area contributed by atoms with Gasteiger partial charge in [-0.25, -0.2) is 4.79 Å². The summed E-state index contributed by atoms with van der Waals surface area (Å²) in [5.41, 5.74) is 3.17. The molecule has 0 radical (unpaired) electrons. The van der Waals surface area contributed by atoms with Gasteiger partial charge in [0.1, 0.15) is 11.4 Å². The van der Waals surface area contributed by atoms with Gasteiger partial charge in [0, 0.05) is 25.9 Å². The SMILES string of the molecule is CCC(C)CCOc1ccc(CN(C)CCC2(CC)CC(C3=CC=C(C(=O)O)C=CC3)=NO2)cc1.OC(O)C(F)(F)F. The Balaban J connectivity index is 0.000000782. The lowest BCUT2D eigenvalue weighted by molar-refractivity contribution is -0.275. The van der Waals surface area contributed by atoms with Gasteiger partial charge in [-0.05, 0) is 61.6 Å². The Kier molecular flexibility index (Phi) is 13.8. The second kappa shape index (κ2) is 16.5. The van der Waals surface area contributed by atoms with Crippen LogP contribution in [0.1, 0.15) is 64.9 Å². The van der Waals surface area contributed by atoms with Gasteiger partial charge in [-0.1, -0.05) is 62.7 Å². The van der Waals surface area contributed by atoms with E-state index in [0.29, 0.717) is 12.3 Å². The molecule has 1 aromatic rings. The topological polar surface area (TPSA) is 112 Å². The van der Waals surface area contributed by atoms with Crippen molar-refractivity contribution in [2.75, 3.05) is 20.2 Å². The first-order chi connectivity index (χ1) is 19.8. The number of carboxylic acids is 1. The van der Waals surface area contributed by atoms with Crippen molar-refractivity contribution in [1.29, 1.82) is 0 Å².